The van der Waals surface area contributed by atoms with E-state index in [1.54, 1.807) is 13.0 Å². The molecular weight excluding hydrogens is 324 g/mol. The average molecular weight is 358 g/mol. The zero-order valence-corrected chi connectivity index (χ0v) is 15.9. The van der Waals surface area contributed by atoms with E-state index in [9.17, 15) is 15.0 Å². The molecule has 1 fully saturated rings. The van der Waals surface area contributed by atoms with Crippen molar-refractivity contribution in [2.45, 2.75) is 90.5 Å². The summed E-state index contributed by atoms with van der Waals surface area (Å²) >= 11 is 0. The van der Waals surface area contributed by atoms with Crippen molar-refractivity contribution in [3.05, 3.63) is 12.2 Å². The van der Waals surface area contributed by atoms with Gasteiger partial charge in [-0.25, -0.2) is 4.79 Å². The first-order chi connectivity index (χ1) is 11.9. The zero-order valence-electron chi connectivity index (χ0n) is 15.9. The van der Waals surface area contributed by atoms with Gasteiger partial charge >= 0.3 is 5.97 Å². The fourth-order valence-electron chi connectivity index (χ4n) is 2.65. The van der Waals surface area contributed by atoms with Crippen molar-refractivity contribution >= 4 is 5.97 Å². The van der Waals surface area contributed by atoms with Gasteiger partial charge in [0.25, 0.3) is 0 Å². The molecule has 0 radical (unpaired) electrons. The predicted octanol–water partition coefficient (Wildman–Crippen LogP) is 2.56. The topological polar surface area (TPSA) is 85.2 Å². The molecular formula is C19H34O6. The number of aliphatic hydroxyl groups excluding tert-OH is 2. The summed E-state index contributed by atoms with van der Waals surface area (Å²) in [7, 11) is 0. The van der Waals surface area contributed by atoms with E-state index in [1.807, 2.05) is 6.92 Å². The molecule has 1 saturated heterocycles. The van der Waals surface area contributed by atoms with E-state index in [1.165, 1.54) is 6.08 Å². The molecule has 25 heavy (non-hydrogen) atoms. The van der Waals surface area contributed by atoms with Gasteiger partial charge in [0.1, 0.15) is 6.10 Å². The smallest absolute Gasteiger partial charge is 0.330 e. The van der Waals surface area contributed by atoms with E-state index in [0.717, 1.165) is 12.8 Å². The summed E-state index contributed by atoms with van der Waals surface area (Å²) in [6.45, 7) is 8.30. The van der Waals surface area contributed by atoms with Gasteiger partial charge in [0.15, 0.2) is 6.29 Å². The molecule has 0 aromatic carbocycles. The zero-order chi connectivity index (χ0) is 18.8. The fourth-order valence-corrected chi connectivity index (χ4v) is 2.65. The molecule has 6 heteroatoms. The molecule has 0 amide bonds. The Bertz CT molecular complexity index is 407. The summed E-state index contributed by atoms with van der Waals surface area (Å²) < 4.78 is 16.4. The van der Waals surface area contributed by atoms with E-state index >= 15 is 0 Å². The molecule has 5 atom stereocenters. The van der Waals surface area contributed by atoms with Gasteiger partial charge in [-0.3, -0.25) is 0 Å². The van der Waals surface area contributed by atoms with Crippen LogP contribution in [-0.2, 0) is 19.0 Å². The van der Waals surface area contributed by atoms with Gasteiger partial charge in [-0.15, -0.1) is 0 Å². The average Bonchev–Trinajstić information content (AvgIpc) is 2.57. The van der Waals surface area contributed by atoms with E-state index in [-0.39, 0.29) is 24.6 Å². The van der Waals surface area contributed by atoms with Gasteiger partial charge in [0.05, 0.1) is 24.9 Å². The molecule has 0 spiro atoms. The minimum atomic E-state index is -0.829. The number of carbonyl (C=O) groups is 1. The Balaban J connectivity index is 2.23. The highest BCUT2D eigenvalue weighted by Crippen LogP contribution is 2.22. The lowest BCUT2D eigenvalue weighted by atomic mass is 10.0. The highest BCUT2D eigenvalue weighted by Gasteiger charge is 2.35. The van der Waals surface area contributed by atoms with Crippen LogP contribution >= 0.6 is 0 Å². The molecule has 1 rings (SSSR count). The molecule has 0 aliphatic carbocycles. The van der Waals surface area contributed by atoms with Crippen LogP contribution in [0.5, 0.6) is 0 Å². The second-order valence-corrected chi connectivity index (χ2v) is 6.82. The number of hydrogen-bond acceptors (Lipinski definition) is 6. The van der Waals surface area contributed by atoms with Crippen molar-refractivity contribution in [2.75, 3.05) is 6.61 Å². The number of aliphatic hydroxyl groups is 2. The highest BCUT2D eigenvalue weighted by molar-refractivity contribution is 5.81. The van der Waals surface area contributed by atoms with Gasteiger partial charge in [0.2, 0.25) is 0 Å². The van der Waals surface area contributed by atoms with Crippen molar-refractivity contribution in [1.82, 2.24) is 0 Å². The molecule has 1 heterocycles. The summed E-state index contributed by atoms with van der Waals surface area (Å²) in [5.41, 5.74) is 0. The van der Waals surface area contributed by atoms with Crippen LogP contribution in [0.4, 0.5) is 0 Å². The quantitative estimate of drug-likeness (QED) is 0.461. The molecule has 146 valence electrons. The Morgan fingerprint density at radius 1 is 1.28 bits per heavy atom. The minimum Gasteiger partial charge on any atom is -0.462 e. The van der Waals surface area contributed by atoms with Gasteiger partial charge in [-0.1, -0.05) is 32.8 Å². The van der Waals surface area contributed by atoms with Crippen molar-refractivity contribution in [3.8, 4) is 0 Å². The van der Waals surface area contributed by atoms with Crippen LogP contribution in [0.2, 0.25) is 0 Å². The number of esters is 1. The van der Waals surface area contributed by atoms with Gasteiger partial charge in [-0.05, 0) is 32.6 Å². The van der Waals surface area contributed by atoms with E-state index in [2.05, 4.69) is 13.8 Å². The van der Waals surface area contributed by atoms with Crippen LogP contribution in [0.1, 0.15) is 59.8 Å². The Morgan fingerprint density at radius 3 is 2.60 bits per heavy atom. The lowest BCUT2D eigenvalue weighted by molar-refractivity contribution is -0.273. The molecule has 1 aliphatic rings. The predicted molar refractivity (Wildman–Crippen MR) is 94.9 cm³/mol. The van der Waals surface area contributed by atoms with Crippen molar-refractivity contribution in [3.63, 3.8) is 0 Å². The van der Waals surface area contributed by atoms with Crippen molar-refractivity contribution in [1.29, 1.82) is 0 Å². The third kappa shape index (κ3) is 8.31. The maximum Gasteiger partial charge on any atom is 0.330 e. The Labute approximate surface area is 151 Å². The Hall–Kier alpha value is -0.950. The molecule has 2 N–H and O–H groups in total. The summed E-state index contributed by atoms with van der Waals surface area (Å²) in [6, 6.07) is 0. The van der Waals surface area contributed by atoms with Gasteiger partial charge < -0.3 is 24.4 Å². The van der Waals surface area contributed by atoms with Gasteiger partial charge in [0, 0.05) is 12.5 Å². The maximum absolute atomic E-state index is 11.6. The molecule has 0 bridgehead atoms. The van der Waals surface area contributed by atoms with Crippen LogP contribution in [0.15, 0.2) is 12.2 Å². The van der Waals surface area contributed by atoms with Crippen molar-refractivity contribution in [2.24, 2.45) is 5.92 Å². The third-order valence-electron chi connectivity index (χ3n) is 4.66. The fraction of sp³-hybridized carbons (Fsp3) is 0.842. The Kier molecular flexibility index (Phi) is 10.3. The number of ether oxygens (including phenoxy) is 3. The third-order valence-corrected chi connectivity index (χ3v) is 4.66. The second kappa shape index (κ2) is 11.6. The molecule has 0 unspecified atom stereocenters. The molecule has 1 aliphatic heterocycles. The molecule has 0 saturated carbocycles. The van der Waals surface area contributed by atoms with Crippen LogP contribution in [0.25, 0.3) is 0 Å². The minimum absolute atomic E-state index is 0.132. The van der Waals surface area contributed by atoms with Crippen LogP contribution in [0, 0.1) is 5.92 Å². The second-order valence-electron chi connectivity index (χ2n) is 6.82. The largest absolute Gasteiger partial charge is 0.462 e. The lowest BCUT2D eigenvalue weighted by Crippen LogP contribution is -2.48. The van der Waals surface area contributed by atoms with E-state index < -0.39 is 18.5 Å². The summed E-state index contributed by atoms with van der Waals surface area (Å²) in [6.07, 6.45) is 4.16. The van der Waals surface area contributed by atoms with E-state index in [4.69, 9.17) is 14.2 Å². The highest BCUT2D eigenvalue weighted by atomic mass is 16.7. The first-order valence-electron chi connectivity index (χ1n) is 9.37. The maximum atomic E-state index is 11.6. The SMILES string of the molecule is CCC(CC)COC(=O)/C=C\CC[C@@H](C)O[C@@H]1O[C@@H](C)[C@H](O)C[C@H]1O. The first kappa shape index (κ1) is 22.1. The lowest BCUT2D eigenvalue weighted by Gasteiger charge is -2.36. The van der Waals surface area contributed by atoms with Gasteiger partial charge in [-0.2, -0.15) is 0 Å². The number of hydrogen-bond donors (Lipinski definition) is 2. The Morgan fingerprint density at radius 2 is 1.96 bits per heavy atom. The van der Waals surface area contributed by atoms with Crippen molar-refractivity contribution < 1.29 is 29.2 Å². The molecule has 0 aromatic rings. The monoisotopic (exact) mass is 358 g/mol. The normalized spacial score (nSPS) is 28.4. The number of carbonyl (C=O) groups excluding carboxylic acids is 1. The molecule has 0 aromatic heterocycles. The standard InChI is InChI=1S/C19H34O6/c1-5-15(6-2)12-23-18(22)10-8-7-9-13(3)24-19-17(21)11-16(20)14(4)25-19/h8,10,13-17,19-21H,5-7,9,11-12H2,1-4H3/b10-8-/t13-,14+,16-,17-,19-/m1/s1. The summed E-state index contributed by atoms with van der Waals surface area (Å²) in [4.78, 5) is 11.6. The summed E-state index contributed by atoms with van der Waals surface area (Å²) in [5, 5.41) is 19.6. The van der Waals surface area contributed by atoms with E-state index in [0.29, 0.717) is 25.4 Å². The van der Waals surface area contributed by atoms with Crippen LogP contribution in [0.3, 0.4) is 0 Å². The van der Waals surface area contributed by atoms with Crippen LogP contribution in [-0.4, -0.2) is 53.5 Å². The first-order valence-corrected chi connectivity index (χ1v) is 9.37. The number of rotatable bonds is 10. The van der Waals surface area contributed by atoms with Crippen LogP contribution < -0.4 is 0 Å². The summed E-state index contributed by atoms with van der Waals surface area (Å²) in [5.74, 6) is 0.114. The molecule has 6 nitrogen and oxygen atoms in total. The number of allylic oxidation sites excluding steroid dienone is 1.